The predicted octanol–water partition coefficient (Wildman–Crippen LogP) is -0.102. The van der Waals surface area contributed by atoms with Crippen molar-refractivity contribution in [3.05, 3.63) is 36.4 Å². The molecule has 1 aliphatic heterocycles. The van der Waals surface area contributed by atoms with E-state index in [1.807, 2.05) is 10.8 Å². The fourth-order valence-electron chi connectivity index (χ4n) is 3.94. The van der Waals surface area contributed by atoms with Crippen LogP contribution in [-0.4, -0.2) is 69.8 Å². The highest BCUT2D eigenvalue weighted by Crippen LogP contribution is 2.34. The maximum atomic E-state index is 11.5. The molecular formula is C19H20N8O4S. The largest absolute Gasteiger partial charge is 0.387 e. The smallest absolute Gasteiger partial charge is 0.248 e. The van der Waals surface area contributed by atoms with Gasteiger partial charge in [-0.15, -0.1) is 0 Å². The molecule has 0 saturated carbocycles. The maximum Gasteiger partial charge on any atom is 0.248 e. The molecule has 0 bridgehead atoms. The number of anilines is 1. The van der Waals surface area contributed by atoms with Gasteiger partial charge in [0, 0.05) is 5.56 Å². The zero-order valence-electron chi connectivity index (χ0n) is 16.9. The predicted molar refractivity (Wildman–Crippen MR) is 116 cm³/mol. The van der Waals surface area contributed by atoms with Crippen LogP contribution in [0.5, 0.6) is 0 Å². The molecule has 5 rings (SSSR count). The van der Waals surface area contributed by atoms with Crippen LogP contribution in [0, 0.1) is 0 Å². The van der Waals surface area contributed by atoms with Crippen molar-refractivity contribution in [2.75, 3.05) is 12.0 Å². The van der Waals surface area contributed by atoms with Crippen LogP contribution in [0.1, 0.15) is 16.6 Å². The van der Waals surface area contributed by atoms with Crippen LogP contribution in [-0.2, 0) is 11.3 Å². The van der Waals surface area contributed by atoms with Gasteiger partial charge in [0.15, 0.2) is 22.8 Å². The number of carbonyl (C=O) groups excluding carboxylic acids is 1. The number of fused-ring (bicyclic) bond motifs is 2. The van der Waals surface area contributed by atoms with Gasteiger partial charge in [-0.1, -0.05) is 11.8 Å². The van der Waals surface area contributed by atoms with E-state index in [0.29, 0.717) is 27.4 Å². The summed E-state index contributed by atoms with van der Waals surface area (Å²) in [5, 5.41) is 22.1. The van der Waals surface area contributed by atoms with Gasteiger partial charge in [-0.2, -0.15) is 0 Å². The van der Waals surface area contributed by atoms with Crippen LogP contribution in [0.15, 0.2) is 36.0 Å². The van der Waals surface area contributed by atoms with Crippen LogP contribution in [0.2, 0.25) is 0 Å². The number of aliphatic hydroxyl groups excluding tert-OH is 2. The summed E-state index contributed by atoms with van der Waals surface area (Å²) < 4.78 is 9.46. The molecule has 1 amide bonds. The van der Waals surface area contributed by atoms with E-state index in [1.54, 1.807) is 18.2 Å². The van der Waals surface area contributed by atoms with Crippen molar-refractivity contribution in [2.24, 2.45) is 5.73 Å². The van der Waals surface area contributed by atoms with Gasteiger partial charge in [-0.25, -0.2) is 19.9 Å². The molecule has 4 atom stereocenters. The van der Waals surface area contributed by atoms with Gasteiger partial charge >= 0.3 is 0 Å². The molecule has 4 aromatic rings. The number of imidazole rings is 2. The van der Waals surface area contributed by atoms with Crippen LogP contribution in [0.4, 0.5) is 5.82 Å². The Labute approximate surface area is 185 Å². The third-order valence-corrected chi connectivity index (χ3v) is 6.22. The number of ether oxygens (including phenoxy) is 1. The lowest BCUT2D eigenvalue weighted by atomic mass is 10.1. The Balaban J connectivity index is 1.48. The first-order valence-corrected chi connectivity index (χ1v) is 10.9. The summed E-state index contributed by atoms with van der Waals surface area (Å²) in [6.07, 6.45) is 0.570. The Morgan fingerprint density at radius 3 is 2.81 bits per heavy atom. The zero-order valence-corrected chi connectivity index (χ0v) is 17.7. The first-order chi connectivity index (χ1) is 15.4. The van der Waals surface area contributed by atoms with Gasteiger partial charge in [0.1, 0.15) is 30.2 Å². The van der Waals surface area contributed by atoms with Gasteiger partial charge in [-0.05, 0) is 24.5 Å². The topological polar surface area (TPSA) is 180 Å². The summed E-state index contributed by atoms with van der Waals surface area (Å²) in [7, 11) is 0. The van der Waals surface area contributed by atoms with E-state index in [0.717, 1.165) is 5.52 Å². The Bertz CT molecular complexity index is 1340. The highest BCUT2D eigenvalue weighted by Gasteiger charge is 2.44. The van der Waals surface area contributed by atoms with Gasteiger partial charge in [0.05, 0.1) is 23.9 Å². The Kier molecular flexibility index (Phi) is 4.97. The summed E-state index contributed by atoms with van der Waals surface area (Å²) >= 11 is 1.41. The first kappa shape index (κ1) is 20.6. The molecule has 3 aromatic heterocycles. The molecule has 0 radical (unpaired) electrons. The van der Waals surface area contributed by atoms with Crippen molar-refractivity contribution in [1.82, 2.24) is 29.1 Å². The van der Waals surface area contributed by atoms with Crippen molar-refractivity contribution in [3.8, 4) is 0 Å². The number of benzene rings is 1. The number of aliphatic hydroxyl groups is 2. The minimum absolute atomic E-state index is 0.211. The van der Waals surface area contributed by atoms with E-state index >= 15 is 0 Å². The van der Waals surface area contributed by atoms with E-state index in [4.69, 9.17) is 16.2 Å². The molecule has 1 aliphatic rings. The standard InChI is InChI=1S/C19H20N8O4S/c1-32-19-25-9-4-8(16(21)30)2-3-10(9)26(19)5-11-13(28)14(29)18(31-11)27-7-24-12-15(20)22-6-23-17(12)27/h2-4,6-7,11,13-14,18,28-29H,5H2,1H3,(H2,21,30)(H2,20,22,23). The fourth-order valence-corrected chi connectivity index (χ4v) is 4.52. The second kappa shape index (κ2) is 7.70. The molecule has 13 heteroatoms. The Hall–Kier alpha value is -3.26. The maximum absolute atomic E-state index is 11.5. The molecular weight excluding hydrogens is 436 g/mol. The lowest BCUT2D eigenvalue weighted by Crippen LogP contribution is -2.33. The summed E-state index contributed by atoms with van der Waals surface area (Å²) in [5.74, 6) is -0.326. The van der Waals surface area contributed by atoms with Crippen molar-refractivity contribution in [2.45, 2.75) is 36.2 Å². The number of amides is 1. The van der Waals surface area contributed by atoms with Gasteiger partial charge in [0.25, 0.3) is 0 Å². The van der Waals surface area contributed by atoms with E-state index < -0.39 is 30.4 Å². The molecule has 1 fully saturated rings. The van der Waals surface area contributed by atoms with Gasteiger partial charge < -0.3 is 31.0 Å². The molecule has 6 N–H and O–H groups in total. The monoisotopic (exact) mass is 456 g/mol. The molecule has 166 valence electrons. The molecule has 4 unspecified atom stereocenters. The SMILES string of the molecule is CSc1nc2cc(C(N)=O)ccc2n1CC1OC(n2cnc3c(N)ncnc32)C(O)C1O. The van der Waals surface area contributed by atoms with Crippen molar-refractivity contribution in [3.63, 3.8) is 0 Å². The summed E-state index contributed by atoms with van der Waals surface area (Å²) in [5.41, 5.74) is 13.7. The molecule has 4 heterocycles. The molecule has 1 aromatic carbocycles. The Morgan fingerprint density at radius 2 is 2.06 bits per heavy atom. The molecule has 12 nitrogen and oxygen atoms in total. The number of nitrogen functional groups attached to an aromatic ring is 1. The molecule has 0 spiro atoms. The fraction of sp³-hybridized carbons (Fsp3) is 0.316. The van der Waals surface area contributed by atoms with Gasteiger partial charge in [-0.3, -0.25) is 9.36 Å². The van der Waals surface area contributed by atoms with Crippen molar-refractivity contribution < 1.29 is 19.7 Å². The normalized spacial score (nSPS) is 23.3. The number of carbonyl (C=O) groups is 1. The number of nitrogens with zero attached hydrogens (tertiary/aromatic N) is 6. The summed E-state index contributed by atoms with van der Waals surface area (Å²) in [6.45, 7) is 0.223. The summed E-state index contributed by atoms with van der Waals surface area (Å²) in [6, 6.07) is 5.00. The van der Waals surface area contributed by atoms with E-state index in [2.05, 4.69) is 19.9 Å². The lowest BCUT2D eigenvalue weighted by Gasteiger charge is -2.17. The van der Waals surface area contributed by atoms with Crippen molar-refractivity contribution >= 4 is 45.7 Å². The first-order valence-electron chi connectivity index (χ1n) is 9.67. The number of aromatic nitrogens is 6. The minimum Gasteiger partial charge on any atom is -0.387 e. The average molecular weight is 456 g/mol. The lowest BCUT2D eigenvalue weighted by molar-refractivity contribution is -0.0396. The number of hydrogen-bond acceptors (Lipinski definition) is 10. The van der Waals surface area contributed by atoms with E-state index in [9.17, 15) is 15.0 Å². The minimum atomic E-state index is -1.22. The number of nitrogens with two attached hydrogens (primary N) is 2. The molecule has 1 saturated heterocycles. The second-order valence-corrected chi connectivity index (χ2v) is 8.18. The van der Waals surface area contributed by atoms with E-state index in [1.165, 1.54) is 29.0 Å². The highest BCUT2D eigenvalue weighted by atomic mass is 32.2. The van der Waals surface area contributed by atoms with Crippen LogP contribution >= 0.6 is 11.8 Å². The third-order valence-electron chi connectivity index (χ3n) is 5.54. The number of rotatable bonds is 5. The van der Waals surface area contributed by atoms with Crippen LogP contribution in [0.25, 0.3) is 22.2 Å². The van der Waals surface area contributed by atoms with Crippen molar-refractivity contribution in [1.29, 1.82) is 0 Å². The van der Waals surface area contributed by atoms with Crippen LogP contribution < -0.4 is 11.5 Å². The van der Waals surface area contributed by atoms with Gasteiger partial charge in [0.2, 0.25) is 5.91 Å². The number of thioether (sulfide) groups is 1. The van der Waals surface area contributed by atoms with Crippen LogP contribution in [0.3, 0.4) is 0 Å². The second-order valence-electron chi connectivity index (χ2n) is 7.41. The Morgan fingerprint density at radius 1 is 1.25 bits per heavy atom. The summed E-state index contributed by atoms with van der Waals surface area (Å²) in [4.78, 5) is 28.3. The molecule has 32 heavy (non-hydrogen) atoms. The number of primary amides is 1. The quantitative estimate of drug-likeness (QED) is 0.296. The van der Waals surface area contributed by atoms with E-state index in [-0.39, 0.29) is 12.4 Å². The number of hydrogen-bond donors (Lipinski definition) is 4. The average Bonchev–Trinajstić information content (AvgIpc) is 3.44. The zero-order chi connectivity index (χ0) is 22.6. The molecule has 0 aliphatic carbocycles. The highest BCUT2D eigenvalue weighted by molar-refractivity contribution is 7.98. The third kappa shape index (κ3) is 3.17.